The van der Waals surface area contributed by atoms with Crippen LogP contribution < -0.4 is 5.73 Å². The van der Waals surface area contributed by atoms with Crippen LogP contribution in [0.2, 0.25) is 0 Å². The molecule has 1 atom stereocenters. The average Bonchev–Trinajstić information content (AvgIpc) is 3.16. The number of nitrogens with zero attached hydrogens (tertiary/aromatic N) is 4. The standard InChI is InChI=1S/C11H13N5O2/c12-9(15-18)7-3-4-13-10-8(7)16(5-14-10)11(17)6-1-2-6/h3-6,11,17-18H,1-2H2,(H2,12,15). The molecule has 7 nitrogen and oxygen atoms in total. The third-order valence-corrected chi connectivity index (χ3v) is 3.18. The highest BCUT2D eigenvalue weighted by Gasteiger charge is 2.32. The quantitative estimate of drug-likeness (QED) is 0.315. The molecule has 3 rings (SSSR count). The minimum absolute atomic E-state index is 0.0212. The molecule has 7 heteroatoms. The van der Waals surface area contributed by atoms with Crippen molar-refractivity contribution in [1.82, 2.24) is 14.5 Å². The van der Waals surface area contributed by atoms with Gasteiger partial charge in [-0.1, -0.05) is 5.16 Å². The van der Waals surface area contributed by atoms with Crippen LogP contribution in [0.4, 0.5) is 0 Å². The van der Waals surface area contributed by atoms with E-state index in [1.807, 2.05) is 0 Å². The predicted octanol–water partition coefficient (Wildman–Crippen LogP) is 0.427. The van der Waals surface area contributed by atoms with E-state index in [1.165, 1.54) is 12.5 Å². The number of oxime groups is 1. The molecule has 0 aliphatic heterocycles. The Balaban J connectivity index is 2.20. The normalized spacial score (nSPS) is 18.2. The van der Waals surface area contributed by atoms with Gasteiger partial charge in [-0.05, 0) is 18.9 Å². The Labute approximate surface area is 103 Å². The fourth-order valence-corrected chi connectivity index (χ4v) is 2.05. The summed E-state index contributed by atoms with van der Waals surface area (Å²) in [5.41, 5.74) is 7.20. The van der Waals surface area contributed by atoms with Gasteiger partial charge >= 0.3 is 0 Å². The molecule has 4 N–H and O–H groups in total. The van der Waals surface area contributed by atoms with E-state index in [-0.39, 0.29) is 11.8 Å². The molecule has 2 aromatic heterocycles. The van der Waals surface area contributed by atoms with Gasteiger partial charge in [-0.25, -0.2) is 9.97 Å². The third kappa shape index (κ3) is 1.60. The molecule has 0 radical (unpaired) electrons. The predicted molar refractivity (Wildman–Crippen MR) is 64.0 cm³/mol. The van der Waals surface area contributed by atoms with Crippen molar-refractivity contribution in [3.05, 3.63) is 24.2 Å². The Morgan fingerprint density at radius 1 is 1.50 bits per heavy atom. The molecule has 1 saturated carbocycles. The molecule has 1 unspecified atom stereocenters. The van der Waals surface area contributed by atoms with Crippen LogP contribution in [-0.2, 0) is 0 Å². The highest BCUT2D eigenvalue weighted by atomic mass is 16.4. The van der Waals surface area contributed by atoms with E-state index in [9.17, 15) is 5.11 Å². The van der Waals surface area contributed by atoms with E-state index in [4.69, 9.17) is 10.9 Å². The van der Waals surface area contributed by atoms with Gasteiger partial charge in [0.15, 0.2) is 11.5 Å². The van der Waals surface area contributed by atoms with E-state index in [0.717, 1.165) is 12.8 Å². The van der Waals surface area contributed by atoms with Crippen LogP contribution in [0.3, 0.4) is 0 Å². The Bertz CT molecular complexity index is 617. The molecule has 1 fully saturated rings. The first-order valence-electron chi connectivity index (χ1n) is 5.70. The number of imidazole rings is 1. The molecule has 0 amide bonds. The highest BCUT2D eigenvalue weighted by Crippen LogP contribution is 2.39. The number of aliphatic hydroxyl groups is 1. The first-order valence-corrected chi connectivity index (χ1v) is 5.70. The summed E-state index contributed by atoms with van der Waals surface area (Å²) < 4.78 is 1.63. The zero-order valence-corrected chi connectivity index (χ0v) is 9.56. The Morgan fingerprint density at radius 2 is 2.28 bits per heavy atom. The Morgan fingerprint density at radius 3 is 2.94 bits per heavy atom. The molecular formula is C11H13N5O2. The van der Waals surface area contributed by atoms with E-state index < -0.39 is 6.23 Å². The van der Waals surface area contributed by atoms with Crippen molar-refractivity contribution in [1.29, 1.82) is 0 Å². The SMILES string of the molecule is N/C(=N\O)c1ccnc2ncn(C(O)C3CC3)c12. The van der Waals surface area contributed by atoms with Crippen LogP contribution in [-0.4, -0.2) is 30.7 Å². The zero-order valence-electron chi connectivity index (χ0n) is 9.56. The molecular weight excluding hydrogens is 234 g/mol. The van der Waals surface area contributed by atoms with Crippen LogP contribution in [0.5, 0.6) is 0 Å². The van der Waals surface area contributed by atoms with Gasteiger partial charge in [0.2, 0.25) is 0 Å². The van der Waals surface area contributed by atoms with E-state index in [1.54, 1.807) is 10.6 Å². The van der Waals surface area contributed by atoms with Gasteiger partial charge in [0, 0.05) is 17.7 Å². The van der Waals surface area contributed by atoms with Gasteiger partial charge in [-0.3, -0.25) is 0 Å². The summed E-state index contributed by atoms with van der Waals surface area (Å²) in [6.45, 7) is 0. The monoisotopic (exact) mass is 247 g/mol. The molecule has 94 valence electrons. The molecule has 18 heavy (non-hydrogen) atoms. The van der Waals surface area contributed by atoms with E-state index in [0.29, 0.717) is 16.7 Å². The Hall–Kier alpha value is -2.15. The lowest BCUT2D eigenvalue weighted by molar-refractivity contribution is 0.0848. The van der Waals surface area contributed by atoms with E-state index >= 15 is 0 Å². The van der Waals surface area contributed by atoms with Crippen molar-refractivity contribution in [2.24, 2.45) is 16.8 Å². The maximum atomic E-state index is 10.2. The molecule has 0 aromatic carbocycles. The number of aromatic nitrogens is 3. The van der Waals surface area contributed by atoms with E-state index in [2.05, 4.69) is 15.1 Å². The Kier molecular flexibility index (Phi) is 2.41. The van der Waals surface area contributed by atoms with Gasteiger partial charge < -0.3 is 20.6 Å². The zero-order chi connectivity index (χ0) is 12.7. The van der Waals surface area contributed by atoms with Crippen LogP contribution in [0, 0.1) is 5.92 Å². The molecule has 0 bridgehead atoms. The summed E-state index contributed by atoms with van der Waals surface area (Å²) in [5, 5.41) is 22.0. The van der Waals surface area contributed by atoms with Gasteiger partial charge in [-0.15, -0.1) is 0 Å². The maximum Gasteiger partial charge on any atom is 0.178 e. The summed E-state index contributed by atoms with van der Waals surface area (Å²) in [4.78, 5) is 8.23. The summed E-state index contributed by atoms with van der Waals surface area (Å²) in [5.74, 6) is 0.231. The van der Waals surface area contributed by atoms with Crippen molar-refractivity contribution in [3.8, 4) is 0 Å². The van der Waals surface area contributed by atoms with Crippen molar-refractivity contribution in [3.63, 3.8) is 0 Å². The summed E-state index contributed by atoms with van der Waals surface area (Å²) in [7, 11) is 0. The second-order valence-corrected chi connectivity index (χ2v) is 4.42. The number of hydrogen-bond acceptors (Lipinski definition) is 5. The fourth-order valence-electron chi connectivity index (χ4n) is 2.05. The average molecular weight is 247 g/mol. The van der Waals surface area contributed by atoms with Crippen molar-refractivity contribution < 1.29 is 10.3 Å². The molecule has 0 saturated heterocycles. The third-order valence-electron chi connectivity index (χ3n) is 3.18. The molecule has 2 heterocycles. The first kappa shape index (κ1) is 11.0. The summed E-state index contributed by atoms with van der Waals surface area (Å²) >= 11 is 0. The lowest BCUT2D eigenvalue weighted by atomic mass is 10.2. The number of nitrogens with two attached hydrogens (primary N) is 1. The summed E-state index contributed by atoms with van der Waals surface area (Å²) in [6.07, 6.45) is 4.44. The van der Waals surface area contributed by atoms with Crippen LogP contribution >= 0.6 is 0 Å². The first-order chi connectivity index (χ1) is 8.72. The number of fused-ring (bicyclic) bond motifs is 1. The second kappa shape index (κ2) is 3.95. The number of rotatable bonds is 3. The van der Waals surface area contributed by atoms with Gasteiger partial charge in [0.05, 0.1) is 6.33 Å². The van der Waals surface area contributed by atoms with Gasteiger partial charge in [-0.2, -0.15) is 0 Å². The smallest absolute Gasteiger partial charge is 0.178 e. The second-order valence-electron chi connectivity index (χ2n) is 4.42. The van der Waals surface area contributed by atoms with Crippen LogP contribution in [0.15, 0.2) is 23.7 Å². The number of pyridine rings is 1. The molecule has 1 aliphatic carbocycles. The number of hydrogen-bond donors (Lipinski definition) is 3. The van der Waals surface area contributed by atoms with Gasteiger partial charge in [0.1, 0.15) is 11.7 Å². The number of aliphatic hydroxyl groups excluding tert-OH is 1. The lowest BCUT2D eigenvalue weighted by Crippen LogP contribution is -2.17. The van der Waals surface area contributed by atoms with Gasteiger partial charge in [0.25, 0.3) is 0 Å². The molecule has 1 aliphatic rings. The maximum absolute atomic E-state index is 10.2. The molecule has 0 spiro atoms. The van der Waals surface area contributed by atoms with Crippen molar-refractivity contribution >= 4 is 17.0 Å². The van der Waals surface area contributed by atoms with Crippen molar-refractivity contribution in [2.75, 3.05) is 0 Å². The van der Waals surface area contributed by atoms with Crippen molar-refractivity contribution in [2.45, 2.75) is 19.1 Å². The lowest BCUT2D eigenvalue weighted by Gasteiger charge is -2.13. The fraction of sp³-hybridized carbons (Fsp3) is 0.364. The molecule has 2 aromatic rings. The minimum atomic E-state index is -0.635. The van der Waals surface area contributed by atoms with Crippen LogP contribution in [0.25, 0.3) is 11.2 Å². The van der Waals surface area contributed by atoms with Crippen LogP contribution in [0.1, 0.15) is 24.6 Å². The topological polar surface area (TPSA) is 110 Å². The number of amidine groups is 1. The highest BCUT2D eigenvalue weighted by molar-refractivity contribution is 6.06. The largest absolute Gasteiger partial charge is 0.409 e. The minimum Gasteiger partial charge on any atom is -0.409 e. The summed E-state index contributed by atoms with van der Waals surface area (Å²) in [6, 6.07) is 1.63.